The Labute approximate surface area is 159 Å². The lowest BCUT2D eigenvalue weighted by Crippen LogP contribution is -2.12. The van der Waals surface area contributed by atoms with Crippen molar-refractivity contribution in [1.29, 1.82) is 0 Å². The minimum absolute atomic E-state index is 0.256. The van der Waals surface area contributed by atoms with Gasteiger partial charge in [0, 0.05) is 17.0 Å². The molecule has 0 saturated carbocycles. The maximum Gasteiger partial charge on any atom is 0.277 e. The van der Waals surface area contributed by atoms with Gasteiger partial charge in [0.05, 0.1) is 19.1 Å². The van der Waals surface area contributed by atoms with E-state index in [0.717, 1.165) is 22.6 Å². The van der Waals surface area contributed by atoms with Crippen molar-refractivity contribution in [1.82, 2.24) is 15.2 Å². The Morgan fingerprint density at radius 3 is 2.96 bits per heavy atom. The van der Waals surface area contributed by atoms with Gasteiger partial charge in [0.15, 0.2) is 16.6 Å². The van der Waals surface area contributed by atoms with Crippen LogP contribution in [-0.4, -0.2) is 28.2 Å². The molecule has 0 aliphatic carbocycles. The Hall–Kier alpha value is -3.39. The molecular formula is C19H16N4O3S. The SMILES string of the molecule is COc1ccc(C)cc1-c1csc(NC(=O)c2cc(-c3ccco3)[nH]n2)n1. The third-order valence-corrected chi connectivity index (χ3v) is 4.71. The van der Waals surface area contributed by atoms with E-state index < -0.39 is 0 Å². The van der Waals surface area contributed by atoms with Gasteiger partial charge in [-0.2, -0.15) is 5.10 Å². The van der Waals surface area contributed by atoms with Crippen LogP contribution in [0.25, 0.3) is 22.7 Å². The minimum Gasteiger partial charge on any atom is -0.496 e. The van der Waals surface area contributed by atoms with Gasteiger partial charge in [-0.15, -0.1) is 11.3 Å². The number of carbonyl (C=O) groups is 1. The number of H-pyrrole nitrogens is 1. The standard InChI is InChI=1S/C19H16N4O3S/c1-11-5-6-16(25-2)12(8-11)15-10-27-19(20-15)21-18(24)14-9-13(22-23-14)17-4-3-7-26-17/h3-10H,1-2H3,(H,22,23)(H,20,21,24). The molecule has 0 saturated heterocycles. The van der Waals surface area contributed by atoms with Gasteiger partial charge in [-0.25, -0.2) is 4.98 Å². The summed E-state index contributed by atoms with van der Waals surface area (Å²) < 4.78 is 10.7. The molecule has 0 atom stereocenters. The summed E-state index contributed by atoms with van der Waals surface area (Å²) in [5, 5.41) is 12.0. The Balaban J connectivity index is 1.53. The molecule has 0 spiro atoms. The Kier molecular flexibility index (Phi) is 4.47. The zero-order valence-corrected chi connectivity index (χ0v) is 15.5. The van der Waals surface area contributed by atoms with Crippen LogP contribution >= 0.6 is 11.3 Å². The number of hydrogen-bond donors (Lipinski definition) is 2. The second-order valence-electron chi connectivity index (χ2n) is 5.84. The lowest BCUT2D eigenvalue weighted by molar-refractivity contribution is 0.102. The number of nitrogens with zero attached hydrogens (tertiary/aromatic N) is 2. The molecule has 0 unspecified atom stereocenters. The highest BCUT2D eigenvalue weighted by atomic mass is 32.1. The Morgan fingerprint density at radius 2 is 2.19 bits per heavy atom. The number of aromatic amines is 1. The summed E-state index contributed by atoms with van der Waals surface area (Å²) in [4.78, 5) is 16.9. The zero-order valence-electron chi connectivity index (χ0n) is 14.6. The van der Waals surface area contributed by atoms with Gasteiger partial charge >= 0.3 is 0 Å². The van der Waals surface area contributed by atoms with Crippen molar-refractivity contribution in [2.45, 2.75) is 6.92 Å². The summed E-state index contributed by atoms with van der Waals surface area (Å²) in [5.41, 5.74) is 3.62. The molecule has 2 N–H and O–H groups in total. The van der Waals surface area contributed by atoms with Crippen LogP contribution in [0.15, 0.2) is 52.5 Å². The minimum atomic E-state index is -0.346. The fraction of sp³-hybridized carbons (Fsp3) is 0.105. The third kappa shape index (κ3) is 3.47. The first-order valence-corrected chi connectivity index (χ1v) is 9.03. The molecule has 27 heavy (non-hydrogen) atoms. The van der Waals surface area contributed by atoms with Gasteiger partial charge in [-0.1, -0.05) is 11.6 Å². The number of ether oxygens (including phenoxy) is 1. The number of nitrogens with one attached hydrogen (secondary N) is 2. The van der Waals surface area contributed by atoms with Gasteiger partial charge in [-0.3, -0.25) is 15.2 Å². The normalized spacial score (nSPS) is 10.7. The number of thiazole rings is 1. The molecular weight excluding hydrogens is 364 g/mol. The smallest absolute Gasteiger partial charge is 0.277 e. The number of rotatable bonds is 5. The number of carbonyl (C=O) groups excluding carboxylic acids is 1. The first-order valence-electron chi connectivity index (χ1n) is 8.15. The maximum atomic E-state index is 12.4. The van der Waals surface area contributed by atoms with Crippen molar-refractivity contribution < 1.29 is 13.9 Å². The van der Waals surface area contributed by atoms with Gasteiger partial charge in [-0.05, 0) is 31.2 Å². The zero-order chi connectivity index (χ0) is 18.8. The average Bonchev–Trinajstić information content (AvgIpc) is 3.42. The molecule has 1 aromatic carbocycles. The van der Waals surface area contributed by atoms with Gasteiger partial charge in [0.25, 0.3) is 5.91 Å². The topological polar surface area (TPSA) is 93.0 Å². The molecule has 0 bridgehead atoms. The summed E-state index contributed by atoms with van der Waals surface area (Å²) in [6.07, 6.45) is 1.56. The molecule has 3 heterocycles. The number of hydrogen-bond acceptors (Lipinski definition) is 6. The maximum absolute atomic E-state index is 12.4. The van der Waals surface area contributed by atoms with Crippen LogP contribution in [0, 0.1) is 6.92 Å². The molecule has 0 radical (unpaired) electrons. The van der Waals surface area contributed by atoms with Crippen LogP contribution in [0.5, 0.6) is 5.75 Å². The van der Waals surface area contributed by atoms with Crippen LogP contribution in [0.4, 0.5) is 5.13 Å². The first-order chi connectivity index (χ1) is 13.1. The van der Waals surface area contributed by atoms with E-state index in [1.165, 1.54) is 11.3 Å². The van der Waals surface area contributed by atoms with Crippen molar-refractivity contribution in [2.75, 3.05) is 12.4 Å². The van der Waals surface area contributed by atoms with E-state index in [9.17, 15) is 4.79 Å². The fourth-order valence-corrected chi connectivity index (χ4v) is 3.34. The average molecular weight is 380 g/mol. The van der Waals surface area contributed by atoms with Crippen LogP contribution < -0.4 is 10.1 Å². The van der Waals surface area contributed by atoms with E-state index in [-0.39, 0.29) is 11.6 Å². The quantitative estimate of drug-likeness (QED) is 0.536. The number of amides is 1. The summed E-state index contributed by atoms with van der Waals surface area (Å²) in [7, 11) is 1.62. The van der Waals surface area contributed by atoms with Crippen molar-refractivity contribution in [3.8, 4) is 28.5 Å². The largest absolute Gasteiger partial charge is 0.496 e. The number of anilines is 1. The lowest BCUT2D eigenvalue weighted by Gasteiger charge is -2.07. The van der Waals surface area contributed by atoms with E-state index in [4.69, 9.17) is 9.15 Å². The van der Waals surface area contributed by atoms with E-state index in [1.807, 2.05) is 30.5 Å². The number of furan rings is 1. The van der Waals surface area contributed by atoms with Crippen molar-refractivity contribution in [2.24, 2.45) is 0 Å². The summed E-state index contributed by atoms with van der Waals surface area (Å²) in [6, 6.07) is 11.1. The molecule has 4 aromatic rings. The van der Waals surface area contributed by atoms with Crippen LogP contribution in [0.3, 0.4) is 0 Å². The van der Waals surface area contributed by atoms with Crippen molar-refractivity contribution in [3.05, 3.63) is 59.3 Å². The summed E-state index contributed by atoms with van der Waals surface area (Å²) >= 11 is 1.34. The van der Waals surface area contributed by atoms with Gasteiger partial charge in [0.2, 0.25) is 0 Å². The Morgan fingerprint density at radius 1 is 1.30 bits per heavy atom. The van der Waals surface area contributed by atoms with Crippen molar-refractivity contribution in [3.63, 3.8) is 0 Å². The molecule has 0 aliphatic heterocycles. The molecule has 0 aliphatic rings. The Bertz CT molecular complexity index is 1080. The number of aromatic nitrogens is 3. The summed E-state index contributed by atoms with van der Waals surface area (Å²) in [5.74, 6) is 1.00. The van der Waals surface area contributed by atoms with Crippen LogP contribution in [0.2, 0.25) is 0 Å². The molecule has 8 heteroatoms. The lowest BCUT2D eigenvalue weighted by atomic mass is 10.1. The van der Waals surface area contributed by atoms with Gasteiger partial charge < -0.3 is 9.15 Å². The fourth-order valence-electron chi connectivity index (χ4n) is 2.63. The van der Waals surface area contributed by atoms with Crippen molar-refractivity contribution >= 4 is 22.4 Å². The number of methoxy groups -OCH3 is 1. The van der Waals surface area contributed by atoms with E-state index in [1.54, 1.807) is 31.6 Å². The monoisotopic (exact) mass is 380 g/mol. The molecule has 4 rings (SSSR count). The highest BCUT2D eigenvalue weighted by Gasteiger charge is 2.16. The second kappa shape index (κ2) is 7.08. The number of benzene rings is 1. The van der Waals surface area contributed by atoms with Crippen LogP contribution in [0.1, 0.15) is 16.1 Å². The highest BCUT2D eigenvalue weighted by molar-refractivity contribution is 7.14. The molecule has 0 fully saturated rings. The first kappa shape index (κ1) is 17.0. The van der Waals surface area contributed by atoms with E-state index in [2.05, 4.69) is 20.5 Å². The number of aryl methyl sites for hydroxylation is 1. The predicted molar refractivity (Wildman–Crippen MR) is 103 cm³/mol. The summed E-state index contributed by atoms with van der Waals surface area (Å²) in [6.45, 7) is 2.01. The second-order valence-corrected chi connectivity index (χ2v) is 6.70. The predicted octanol–water partition coefficient (Wildman–Crippen LogP) is 4.36. The molecule has 3 aromatic heterocycles. The van der Waals surface area contributed by atoms with E-state index >= 15 is 0 Å². The highest BCUT2D eigenvalue weighted by Crippen LogP contribution is 2.33. The van der Waals surface area contributed by atoms with Crippen LogP contribution in [-0.2, 0) is 0 Å². The molecule has 136 valence electrons. The molecule has 1 amide bonds. The van der Waals surface area contributed by atoms with E-state index in [0.29, 0.717) is 16.6 Å². The third-order valence-electron chi connectivity index (χ3n) is 3.95. The van der Waals surface area contributed by atoms with Gasteiger partial charge in [0.1, 0.15) is 11.4 Å². The molecule has 7 nitrogen and oxygen atoms in total.